The van der Waals surface area contributed by atoms with E-state index in [1.165, 1.54) is 0 Å². The summed E-state index contributed by atoms with van der Waals surface area (Å²) in [5.41, 5.74) is -0.536. The van der Waals surface area contributed by atoms with E-state index in [1.54, 1.807) is 0 Å². The highest BCUT2D eigenvalue weighted by Crippen LogP contribution is 2.23. The maximum atomic E-state index is 10.2. The number of ether oxygens (including phenoxy) is 1. The smallest absolute Gasteiger partial charge is 0.0667 e. The Hall–Kier alpha value is -0.0800. The summed E-state index contributed by atoms with van der Waals surface area (Å²) in [6.07, 6.45) is 4.96. The quantitative estimate of drug-likeness (QED) is 0.672. The lowest BCUT2D eigenvalue weighted by molar-refractivity contribution is -0.0658. The van der Waals surface area contributed by atoms with Crippen LogP contribution in [-0.4, -0.2) is 22.9 Å². The highest BCUT2D eigenvalue weighted by Gasteiger charge is 2.26. The molecule has 0 aliphatic carbocycles. The number of rotatable bonds is 8. The fraction of sp³-hybridized carbons (Fsp3) is 1.00. The van der Waals surface area contributed by atoms with Crippen molar-refractivity contribution in [2.24, 2.45) is 0 Å². The Kier molecular flexibility index (Phi) is 7.20. The summed E-state index contributed by atoms with van der Waals surface area (Å²) in [4.78, 5) is 0. The third-order valence-electron chi connectivity index (χ3n) is 3.32. The Morgan fingerprint density at radius 1 is 1.07 bits per heavy atom. The van der Waals surface area contributed by atoms with Crippen LogP contribution in [0.25, 0.3) is 0 Å². The van der Waals surface area contributed by atoms with Crippen molar-refractivity contribution < 1.29 is 9.84 Å². The molecule has 92 valence electrons. The van der Waals surface area contributed by atoms with E-state index in [1.807, 2.05) is 13.8 Å². The lowest BCUT2D eigenvalue weighted by Gasteiger charge is -2.30. The van der Waals surface area contributed by atoms with E-state index in [0.29, 0.717) is 6.10 Å². The van der Waals surface area contributed by atoms with Crippen molar-refractivity contribution >= 4 is 0 Å². The van der Waals surface area contributed by atoms with Crippen LogP contribution >= 0.6 is 0 Å². The zero-order valence-electron chi connectivity index (χ0n) is 11.0. The Morgan fingerprint density at radius 2 is 1.53 bits per heavy atom. The Bertz CT molecular complexity index is 149. The summed E-state index contributed by atoms with van der Waals surface area (Å²) in [6.45, 7) is 10.4. The van der Waals surface area contributed by atoms with E-state index in [4.69, 9.17) is 4.74 Å². The Morgan fingerprint density at radius 3 is 1.87 bits per heavy atom. The van der Waals surface area contributed by atoms with Gasteiger partial charge in [-0.1, -0.05) is 27.7 Å². The van der Waals surface area contributed by atoms with Crippen LogP contribution in [-0.2, 0) is 4.74 Å². The molecule has 0 saturated carbocycles. The van der Waals surface area contributed by atoms with Gasteiger partial charge < -0.3 is 9.84 Å². The maximum Gasteiger partial charge on any atom is 0.0667 e. The van der Waals surface area contributed by atoms with Gasteiger partial charge in [-0.15, -0.1) is 0 Å². The number of aliphatic hydroxyl groups is 1. The van der Waals surface area contributed by atoms with Gasteiger partial charge in [0, 0.05) is 6.42 Å². The molecular weight excluding hydrogens is 188 g/mol. The van der Waals surface area contributed by atoms with Crippen LogP contribution in [0, 0.1) is 0 Å². The maximum absolute atomic E-state index is 10.2. The predicted molar refractivity (Wildman–Crippen MR) is 65.1 cm³/mol. The van der Waals surface area contributed by atoms with Crippen LogP contribution in [0.4, 0.5) is 0 Å². The molecule has 0 spiro atoms. The van der Waals surface area contributed by atoms with Gasteiger partial charge in [0.25, 0.3) is 0 Å². The molecule has 2 nitrogen and oxygen atoms in total. The summed E-state index contributed by atoms with van der Waals surface area (Å²) in [5, 5.41) is 10.2. The van der Waals surface area contributed by atoms with Crippen molar-refractivity contribution in [2.75, 3.05) is 0 Å². The molecule has 1 N–H and O–H groups in total. The van der Waals surface area contributed by atoms with Crippen LogP contribution in [0.1, 0.15) is 66.7 Å². The molecule has 1 unspecified atom stereocenters. The first-order valence-electron chi connectivity index (χ1n) is 6.39. The second-order valence-corrected chi connectivity index (χ2v) is 4.52. The van der Waals surface area contributed by atoms with Gasteiger partial charge in [0.15, 0.2) is 0 Å². The van der Waals surface area contributed by atoms with Crippen molar-refractivity contribution in [2.45, 2.75) is 84.5 Å². The summed E-state index contributed by atoms with van der Waals surface area (Å²) in [6, 6.07) is 0. The van der Waals surface area contributed by atoms with Crippen LogP contribution in [0.3, 0.4) is 0 Å². The molecule has 1 atom stereocenters. The fourth-order valence-corrected chi connectivity index (χ4v) is 1.93. The van der Waals surface area contributed by atoms with Crippen LogP contribution in [0.15, 0.2) is 0 Å². The molecule has 0 saturated heterocycles. The molecule has 0 bridgehead atoms. The molecular formula is C13H28O2. The van der Waals surface area contributed by atoms with Crippen molar-refractivity contribution in [1.29, 1.82) is 0 Å². The zero-order chi connectivity index (χ0) is 11.9. The fourth-order valence-electron chi connectivity index (χ4n) is 1.93. The highest BCUT2D eigenvalue weighted by molar-refractivity contribution is 4.78. The molecule has 0 aromatic carbocycles. The third kappa shape index (κ3) is 5.53. The van der Waals surface area contributed by atoms with Gasteiger partial charge in [-0.2, -0.15) is 0 Å². The SMILES string of the molecule is CCC(CC)OC(C)CC(O)(CC)CC. The highest BCUT2D eigenvalue weighted by atomic mass is 16.5. The summed E-state index contributed by atoms with van der Waals surface area (Å²) >= 11 is 0. The van der Waals surface area contributed by atoms with E-state index in [9.17, 15) is 5.11 Å². The van der Waals surface area contributed by atoms with E-state index in [0.717, 1.165) is 32.1 Å². The van der Waals surface area contributed by atoms with Gasteiger partial charge in [0.05, 0.1) is 17.8 Å². The van der Waals surface area contributed by atoms with E-state index in [2.05, 4.69) is 20.8 Å². The topological polar surface area (TPSA) is 29.5 Å². The lowest BCUT2D eigenvalue weighted by Crippen LogP contribution is -2.33. The van der Waals surface area contributed by atoms with Crippen molar-refractivity contribution in [3.63, 3.8) is 0 Å². The second kappa shape index (κ2) is 7.24. The largest absolute Gasteiger partial charge is 0.390 e. The third-order valence-corrected chi connectivity index (χ3v) is 3.32. The molecule has 0 aromatic heterocycles. The minimum atomic E-state index is -0.536. The first-order chi connectivity index (χ1) is 7.01. The van der Waals surface area contributed by atoms with Crippen LogP contribution in [0.2, 0.25) is 0 Å². The zero-order valence-corrected chi connectivity index (χ0v) is 11.0. The first kappa shape index (κ1) is 14.9. The van der Waals surface area contributed by atoms with Crippen LogP contribution in [0.5, 0.6) is 0 Å². The Labute approximate surface area is 95.0 Å². The predicted octanol–water partition coefficient (Wildman–Crippen LogP) is 3.52. The standard InChI is InChI=1S/C13H28O2/c1-6-12(7-2)15-11(5)10-13(14,8-3)9-4/h11-12,14H,6-10H2,1-5H3. The van der Waals surface area contributed by atoms with Gasteiger partial charge in [0.2, 0.25) is 0 Å². The minimum Gasteiger partial charge on any atom is -0.390 e. The van der Waals surface area contributed by atoms with E-state index >= 15 is 0 Å². The average molecular weight is 216 g/mol. The molecule has 0 aliphatic rings. The molecule has 15 heavy (non-hydrogen) atoms. The van der Waals surface area contributed by atoms with Gasteiger partial charge in [-0.05, 0) is 32.6 Å². The lowest BCUT2D eigenvalue weighted by atomic mass is 9.91. The van der Waals surface area contributed by atoms with Crippen molar-refractivity contribution in [3.05, 3.63) is 0 Å². The Balaban J connectivity index is 4.05. The molecule has 0 fully saturated rings. The second-order valence-electron chi connectivity index (χ2n) is 4.52. The van der Waals surface area contributed by atoms with Gasteiger partial charge in [-0.3, -0.25) is 0 Å². The minimum absolute atomic E-state index is 0.153. The first-order valence-corrected chi connectivity index (χ1v) is 6.39. The molecule has 0 amide bonds. The number of hydrogen-bond acceptors (Lipinski definition) is 2. The van der Waals surface area contributed by atoms with Crippen molar-refractivity contribution in [3.8, 4) is 0 Å². The molecule has 0 rings (SSSR count). The molecule has 0 heterocycles. The normalized spacial score (nSPS) is 14.6. The molecule has 2 heteroatoms. The summed E-state index contributed by atoms with van der Waals surface area (Å²) in [7, 11) is 0. The van der Waals surface area contributed by atoms with E-state index in [-0.39, 0.29) is 6.10 Å². The molecule has 0 aromatic rings. The summed E-state index contributed by atoms with van der Waals surface area (Å²) in [5.74, 6) is 0. The van der Waals surface area contributed by atoms with Gasteiger partial charge >= 0.3 is 0 Å². The average Bonchev–Trinajstić information content (AvgIpc) is 2.25. The van der Waals surface area contributed by atoms with Crippen molar-refractivity contribution in [1.82, 2.24) is 0 Å². The van der Waals surface area contributed by atoms with Gasteiger partial charge in [-0.25, -0.2) is 0 Å². The van der Waals surface area contributed by atoms with Crippen LogP contribution < -0.4 is 0 Å². The molecule has 0 aliphatic heterocycles. The number of hydrogen-bond donors (Lipinski definition) is 1. The monoisotopic (exact) mass is 216 g/mol. The summed E-state index contributed by atoms with van der Waals surface area (Å²) < 4.78 is 5.89. The van der Waals surface area contributed by atoms with E-state index < -0.39 is 5.60 Å². The molecule has 0 radical (unpaired) electrons. The van der Waals surface area contributed by atoms with Gasteiger partial charge in [0.1, 0.15) is 0 Å².